The summed E-state index contributed by atoms with van der Waals surface area (Å²) in [6.07, 6.45) is -64.4. The molecule has 0 aromatic carbocycles. The Hall–Kier alpha value is -1.93. The van der Waals surface area contributed by atoms with Crippen LogP contribution < -0.4 is 0 Å². The summed E-state index contributed by atoms with van der Waals surface area (Å²) < 4.78 is 357. The first-order valence-electron chi connectivity index (χ1n) is 15.9. The standard InChI is InChI=1S/C28H31F23O8/c1-4-16(8-54-9-16)7-53-6-14(29)19(34,35)24(42,43)58-26(46,47)20(22(38,39)52,25(44,45)57-23(40,41)15(3,30)31)27(48,49)59-28(50,51)21(36,37)18(32,33)13-56-12-17(5-2)10-55-11-17/h14,52H,4-13H2,1-3H3. The lowest BCUT2D eigenvalue weighted by molar-refractivity contribution is -0.612. The summed E-state index contributed by atoms with van der Waals surface area (Å²) in [4.78, 5) is 0. The van der Waals surface area contributed by atoms with Crippen LogP contribution in [0.25, 0.3) is 0 Å². The molecule has 2 aliphatic heterocycles. The van der Waals surface area contributed by atoms with E-state index in [-0.39, 0.29) is 39.3 Å². The molecule has 8 nitrogen and oxygen atoms in total. The van der Waals surface area contributed by atoms with Gasteiger partial charge in [0, 0.05) is 17.8 Å². The van der Waals surface area contributed by atoms with E-state index in [1.165, 1.54) is 18.6 Å². The Labute approximate surface area is 315 Å². The van der Waals surface area contributed by atoms with Crippen LogP contribution in [-0.2, 0) is 33.2 Å². The first-order valence-corrected chi connectivity index (χ1v) is 15.9. The molecule has 0 saturated carbocycles. The lowest BCUT2D eigenvalue weighted by Crippen LogP contribution is -2.77. The van der Waals surface area contributed by atoms with Gasteiger partial charge in [-0.25, -0.2) is 18.6 Å². The summed E-state index contributed by atoms with van der Waals surface area (Å²) in [5.41, 5.74) is -11.8. The highest BCUT2D eigenvalue weighted by Gasteiger charge is 2.97. The third kappa shape index (κ3) is 9.54. The molecule has 352 valence electrons. The fourth-order valence-corrected chi connectivity index (χ4v) is 4.89. The van der Waals surface area contributed by atoms with Crippen molar-refractivity contribution in [1.82, 2.24) is 0 Å². The van der Waals surface area contributed by atoms with Crippen molar-refractivity contribution in [3.8, 4) is 0 Å². The van der Waals surface area contributed by atoms with E-state index < -0.39 is 122 Å². The Kier molecular flexibility index (Phi) is 14.7. The Balaban J connectivity index is 2.76. The van der Waals surface area contributed by atoms with Crippen LogP contribution in [-0.4, -0.2) is 131 Å². The predicted octanol–water partition coefficient (Wildman–Crippen LogP) is 8.95. The smallest absolute Gasteiger partial charge is 0.380 e. The van der Waals surface area contributed by atoms with Gasteiger partial charge < -0.3 is 24.1 Å². The zero-order chi connectivity index (χ0) is 46.6. The number of aliphatic hydroxyl groups is 1. The fourth-order valence-electron chi connectivity index (χ4n) is 4.89. The molecular formula is C28H31F23O8. The quantitative estimate of drug-likeness (QED) is 0.0910. The van der Waals surface area contributed by atoms with Gasteiger partial charge in [0.25, 0.3) is 0 Å². The van der Waals surface area contributed by atoms with E-state index in [1.807, 2.05) is 0 Å². The summed E-state index contributed by atoms with van der Waals surface area (Å²) >= 11 is 0. The maximum atomic E-state index is 15.4. The van der Waals surface area contributed by atoms with E-state index >= 15 is 26.3 Å². The minimum atomic E-state index is -9.35. The van der Waals surface area contributed by atoms with E-state index in [0.29, 0.717) is 0 Å². The normalized spacial score (nSPS) is 20.8. The van der Waals surface area contributed by atoms with Gasteiger partial charge in [-0.15, -0.1) is 0 Å². The molecule has 2 saturated heterocycles. The Morgan fingerprint density at radius 3 is 1.22 bits per heavy atom. The molecule has 2 heterocycles. The summed E-state index contributed by atoms with van der Waals surface area (Å²) in [6.45, 7) is -7.35. The summed E-state index contributed by atoms with van der Waals surface area (Å²) in [5.74, 6) is -28.3. The maximum absolute atomic E-state index is 15.4. The van der Waals surface area contributed by atoms with Crippen molar-refractivity contribution >= 4 is 0 Å². The van der Waals surface area contributed by atoms with Gasteiger partial charge in [-0.05, 0) is 12.8 Å². The van der Waals surface area contributed by atoms with Gasteiger partial charge in [0.05, 0.1) is 46.2 Å². The number of rotatable bonds is 25. The molecular weight excluding hydrogens is 901 g/mol. The zero-order valence-electron chi connectivity index (χ0n) is 29.6. The number of halogens is 23. The lowest BCUT2D eigenvalue weighted by Gasteiger charge is -2.50. The van der Waals surface area contributed by atoms with Crippen molar-refractivity contribution in [2.75, 3.05) is 52.9 Å². The van der Waals surface area contributed by atoms with E-state index in [9.17, 15) is 74.6 Å². The molecule has 0 aromatic heterocycles. The molecule has 2 rings (SSSR count). The van der Waals surface area contributed by atoms with Crippen LogP contribution in [0.2, 0.25) is 0 Å². The molecule has 2 fully saturated rings. The average Bonchev–Trinajstić information content (AvgIpc) is 2.96. The van der Waals surface area contributed by atoms with Crippen molar-refractivity contribution in [1.29, 1.82) is 0 Å². The second-order valence-corrected chi connectivity index (χ2v) is 13.7. The van der Waals surface area contributed by atoms with Crippen LogP contribution in [0.15, 0.2) is 0 Å². The summed E-state index contributed by atoms with van der Waals surface area (Å²) in [7, 11) is 0. The highest BCUT2D eigenvalue weighted by atomic mass is 19.4. The van der Waals surface area contributed by atoms with Crippen LogP contribution in [0.1, 0.15) is 33.6 Å². The zero-order valence-corrected chi connectivity index (χ0v) is 29.6. The largest absolute Gasteiger partial charge is 0.430 e. The minimum Gasteiger partial charge on any atom is -0.380 e. The number of alkyl halides is 23. The average molecular weight is 933 g/mol. The molecule has 0 aliphatic carbocycles. The van der Waals surface area contributed by atoms with E-state index in [0.717, 1.165) is 0 Å². The van der Waals surface area contributed by atoms with Crippen molar-refractivity contribution in [3.05, 3.63) is 0 Å². The number of hydrogen-bond donors (Lipinski definition) is 1. The second-order valence-electron chi connectivity index (χ2n) is 13.7. The second kappa shape index (κ2) is 16.3. The summed E-state index contributed by atoms with van der Waals surface area (Å²) in [6, 6.07) is 0. The van der Waals surface area contributed by atoms with Crippen LogP contribution in [0, 0.1) is 16.2 Å². The molecule has 1 N–H and O–H groups in total. The Morgan fingerprint density at radius 1 is 0.542 bits per heavy atom. The topological polar surface area (TPSA) is 84.8 Å². The fraction of sp³-hybridized carbons (Fsp3) is 1.00. The first kappa shape index (κ1) is 53.2. The molecule has 2 atom stereocenters. The molecule has 0 amide bonds. The van der Waals surface area contributed by atoms with Gasteiger partial charge in [-0.2, -0.15) is 96.6 Å². The van der Waals surface area contributed by atoms with Crippen LogP contribution >= 0.6 is 0 Å². The Bertz CT molecular complexity index is 1400. The Morgan fingerprint density at radius 2 is 0.898 bits per heavy atom. The van der Waals surface area contributed by atoms with Crippen molar-refractivity contribution in [3.63, 3.8) is 0 Å². The van der Waals surface area contributed by atoms with Crippen LogP contribution in [0.3, 0.4) is 0 Å². The molecule has 0 aromatic rings. The molecule has 2 unspecified atom stereocenters. The van der Waals surface area contributed by atoms with Gasteiger partial charge in [0.1, 0.15) is 6.61 Å². The lowest BCUT2D eigenvalue weighted by atomic mass is 9.80. The number of hydrogen-bond acceptors (Lipinski definition) is 8. The monoisotopic (exact) mass is 932 g/mol. The molecule has 2 aliphatic rings. The minimum absolute atomic E-state index is 0.0324. The highest BCUT2D eigenvalue weighted by molar-refractivity contribution is 5.09. The van der Waals surface area contributed by atoms with Gasteiger partial charge >= 0.3 is 71.9 Å². The van der Waals surface area contributed by atoms with Crippen molar-refractivity contribution < 1.29 is 139 Å². The molecule has 31 heteroatoms. The van der Waals surface area contributed by atoms with Gasteiger partial charge in [-0.3, -0.25) is 0 Å². The van der Waals surface area contributed by atoms with Gasteiger partial charge in [0.15, 0.2) is 6.17 Å². The van der Waals surface area contributed by atoms with Gasteiger partial charge in [-0.1, -0.05) is 13.8 Å². The van der Waals surface area contributed by atoms with Crippen molar-refractivity contribution in [2.24, 2.45) is 16.2 Å². The summed E-state index contributed by atoms with van der Waals surface area (Å²) in [5, 5.41) is 8.90. The van der Waals surface area contributed by atoms with E-state index in [2.05, 4.69) is 14.2 Å². The van der Waals surface area contributed by atoms with E-state index in [4.69, 9.17) is 9.84 Å². The third-order valence-electron chi connectivity index (χ3n) is 9.14. The van der Waals surface area contributed by atoms with Crippen LogP contribution in [0.4, 0.5) is 101 Å². The number of ether oxygens (including phenoxy) is 7. The molecule has 0 bridgehead atoms. The first-order chi connectivity index (χ1) is 26.0. The van der Waals surface area contributed by atoms with Crippen LogP contribution in [0.5, 0.6) is 0 Å². The van der Waals surface area contributed by atoms with E-state index in [1.54, 1.807) is 9.47 Å². The molecule has 59 heavy (non-hydrogen) atoms. The van der Waals surface area contributed by atoms with Gasteiger partial charge in [0.2, 0.25) is 0 Å². The third-order valence-corrected chi connectivity index (χ3v) is 9.14. The molecule has 0 spiro atoms. The predicted molar refractivity (Wildman–Crippen MR) is 142 cm³/mol. The van der Waals surface area contributed by atoms with Crippen molar-refractivity contribution in [2.45, 2.75) is 106 Å². The SMILES string of the molecule is CCC1(COCC(F)C(F)(F)C(F)(F)OC(F)(F)C(C(O)(F)F)(C(F)(F)OC(F)(F)C(C)(F)F)C(F)(F)OC(F)(F)C(F)(F)C(F)(F)COCC2(CC)COC2)COC1. The maximum Gasteiger partial charge on any atom is 0.430 e. The highest BCUT2D eigenvalue weighted by Crippen LogP contribution is 2.69. The molecule has 0 radical (unpaired) electrons.